The summed E-state index contributed by atoms with van der Waals surface area (Å²) in [4.78, 5) is 11.1. The monoisotopic (exact) mass is 282 g/mol. The second-order valence-corrected chi connectivity index (χ2v) is 4.64. The fourth-order valence-electron chi connectivity index (χ4n) is 2.05. The number of carbonyl (C=O) groups is 1. The molecule has 3 heteroatoms. The maximum absolute atomic E-state index is 11.1. The van der Waals surface area contributed by atoms with Crippen LogP contribution in [0.5, 0.6) is 5.75 Å². The molecule has 1 N–H and O–H groups in total. The van der Waals surface area contributed by atoms with Crippen LogP contribution in [-0.4, -0.2) is 17.7 Å². The summed E-state index contributed by atoms with van der Waals surface area (Å²) in [6, 6.07) is 17.0. The zero-order valence-electron chi connectivity index (χ0n) is 12.0. The molecule has 0 aliphatic heterocycles. The highest BCUT2D eigenvalue weighted by Gasteiger charge is 2.08. The van der Waals surface area contributed by atoms with Gasteiger partial charge in [-0.25, -0.2) is 4.79 Å². The highest BCUT2D eigenvalue weighted by molar-refractivity contribution is 5.95. The molecule has 0 saturated carbocycles. The van der Waals surface area contributed by atoms with Crippen molar-refractivity contribution in [2.45, 2.75) is 13.3 Å². The van der Waals surface area contributed by atoms with Crippen LogP contribution in [-0.2, 0) is 4.79 Å². The van der Waals surface area contributed by atoms with Crippen LogP contribution in [0.25, 0.3) is 5.57 Å². The summed E-state index contributed by atoms with van der Waals surface area (Å²) >= 11 is 0. The van der Waals surface area contributed by atoms with E-state index in [0.29, 0.717) is 12.2 Å². The van der Waals surface area contributed by atoms with E-state index in [1.807, 2.05) is 61.5 Å². The Labute approximate surface area is 124 Å². The Hall–Kier alpha value is -2.55. The molecule has 3 nitrogen and oxygen atoms in total. The van der Waals surface area contributed by atoms with Gasteiger partial charge in [0.15, 0.2) is 0 Å². The highest BCUT2D eigenvalue weighted by Crippen LogP contribution is 2.26. The minimum absolute atomic E-state index is 0.646. The maximum Gasteiger partial charge on any atom is 0.328 e. The molecule has 0 aliphatic rings. The molecule has 0 aromatic heterocycles. The van der Waals surface area contributed by atoms with Gasteiger partial charge in [0.05, 0.1) is 6.61 Å². The largest absolute Gasteiger partial charge is 0.494 e. The quantitative estimate of drug-likeness (QED) is 0.815. The molecule has 2 aromatic rings. The van der Waals surface area contributed by atoms with Crippen LogP contribution in [0.15, 0.2) is 60.7 Å². The Morgan fingerprint density at radius 2 is 1.81 bits per heavy atom. The highest BCUT2D eigenvalue weighted by atomic mass is 16.5. The number of ether oxygens (including phenoxy) is 1. The van der Waals surface area contributed by atoms with Crippen LogP contribution >= 0.6 is 0 Å². The van der Waals surface area contributed by atoms with E-state index in [1.54, 1.807) is 0 Å². The van der Waals surface area contributed by atoms with Crippen molar-refractivity contribution in [1.29, 1.82) is 0 Å². The summed E-state index contributed by atoms with van der Waals surface area (Å²) in [7, 11) is 0. The first kappa shape index (κ1) is 14.9. The number of aliphatic carboxylic acids is 1. The minimum Gasteiger partial charge on any atom is -0.494 e. The van der Waals surface area contributed by atoms with E-state index in [-0.39, 0.29) is 0 Å². The Morgan fingerprint density at radius 3 is 2.48 bits per heavy atom. The van der Waals surface area contributed by atoms with E-state index in [9.17, 15) is 4.79 Å². The second-order valence-electron chi connectivity index (χ2n) is 4.64. The van der Waals surface area contributed by atoms with Gasteiger partial charge in [-0.05, 0) is 35.3 Å². The van der Waals surface area contributed by atoms with Gasteiger partial charge in [0.2, 0.25) is 0 Å². The van der Waals surface area contributed by atoms with E-state index in [1.165, 1.54) is 6.08 Å². The molecule has 21 heavy (non-hydrogen) atoms. The minimum atomic E-state index is -0.964. The van der Waals surface area contributed by atoms with Crippen molar-refractivity contribution in [3.05, 3.63) is 71.8 Å². The summed E-state index contributed by atoms with van der Waals surface area (Å²) in [5, 5.41) is 9.11. The zero-order chi connectivity index (χ0) is 15.1. The zero-order valence-corrected chi connectivity index (χ0v) is 12.0. The molecular weight excluding hydrogens is 264 g/mol. The number of carboxylic acids is 1. The van der Waals surface area contributed by atoms with E-state index < -0.39 is 5.97 Å². The summed E-state index contributed by atoms with van der Waals surface area (Å²) in [5.41, 5.74) is 2.37. The molecule has 2 aromatic carbocycles. The molecule has 0 radical (unpaired) electrons. The first-order chi connectivity index (χ1) is 10.2. The summed E-state index contributed by atoms with van der Waals surface area (Å²) in [6.07, 6.45) is 2.16. The third kappa shape index (κ3) is 4.21. The van der Waals surface area contributed by atoms with E-state index >= 15 is 0 Å². The molecule has 0 saturated heterocycles. The van der Waals surface area contributed by atoms with Gasteiger partial charge >= 0.3 is 5.97 Å². The van der Waals surface area contributed by atoms with Gasteiger partial charge in [-0.1, -0.05) is 49.4 Å². The first-order valence-corrected chi connectivity index (χ1v) is 6.94. The fourth-order valence-corrected chi connectivity index (χ4v) is 2.05. The molecule has 0 spiro atoms. The van der Waals surface area contributed by atoms with Crippen molar-refractivity contribution in [1.82, 2.24) is 0 Å². The molecule has 0 bridgehead atoms. The van der Waals surface area contributed by atoms with Gasteiger partial charge in [-0.15, -0.1) is 0 Å². The van der Waals surface area contributed by atoms with E-state index in [2.05, 4.69) is 0 Å². The molecule has 0 heterocycles. The van der Waals surface area contributed by atoms with E-state index in [0.717, 1.165) is 23.3 Å². The normalized spacial score (nSPS) is 11.2. The number of hydrogen-bond donors (Lipinski definition) is 1. The molecule has 0 amide bonds. The van der Waals surface area contributed by atoms with Gasteiger partial charge in [0.1, 0.15) is 5.75 Å². The van der Waals surface area contributed by atoms with Crippen LogP contribution in [0.3, 0.4) is 0 Å². The van der Waals surface area contributed by atoms with Crippen LogP contribution in [0, 0.1) is 0 Å². The molecule has 0 unspecified atom stereocenters. The number of benzene rings is 2. The van der Waals surface area contributed by atoms with Crippen LogP contribution in [0.1, 0.15) is 24.5 Å². The third-order valence-electron chi connectivity index (χ3n) is 2.97. The Morgan fingerprint density at radius 1 is 1.10 bits per heavy atom. The lowest BCUT2D eigenvalue weighted by Gasteiger charge is -2.10. The van der Waals surface area contributed by atoms with Crippen molar-refractivity contribution in [3.8, 4) is 5.75 Å². The lowest BCUT2D eigenvalue weighted by Crippen LogP contribution is -1.97. The predicted molar refractivity (Wildman–Crippen MR) is 83.4 cm³/mol. The first-order valence-electron chi connectivity index (χ1n) is 6.94. The second kappa shape index (κ2) is 7.29. The molecule has 2 rings (SSSR count). The van der Waals surface area contributed by atoms with E-state index in [4.69, 9.17) is 9.84 Å². The molecule has 0 aliphatic carbocycles. The molecular formula is C18H18O3. The number of carboxylic acid groups (broad SMARTS) is 1. The van der Waals surface area contributed by atoms with Crippen molar-refractivity contribution in [3.63, 3.8) is 0 Å². The van der Waals surface area contributed by atoms with Gasteiger partial charge < -0.3 is 9.84 Å². The average molecular weight is 282 g/mol. The average Bonchev–Trinajstić information content (AvgIpc) is 2.51. The van der Waals surface area contributed by atoms with Crippen LogP contribution in [0.2, 0.25) is 0 Å². The maximum atomic E-state index is 11.1. The summed E-state index contributed by atoms with van der Waals surface area (Å²) < 4.78 is 5.61. The van der Waals surface area contributed by atoms with Gasteiger partial charge in [-0.3, -0.25) is 0 Å². The van der Waals surface area contributed by atoms with Crippen molar-refractivity contribution >= 4 is 11.5 Å². The van der Waals surface area contributed by atoms with Crippen molar-refractivity contribution in [2.24, 2.45) is 0 Å². The molecule has 108 valence electrons. The van der Waals surface area contributed by atoms with Crippen molar-refractivity contribution in [2.75, 3.05) is 6.61 Å². The number of hydrogen-bond acceptors (Lipinski definition) is 2. The molecule has 0 fully saturated rings. The SMILES string of the molecule is CCCOc1cccc(/C(=C\C(=O)O)c2ccccc2)c1. The Bertz CT molecular complexity index is 630. The summed E-state index contributed by atoms with van der Waals surface area (Å²) in [5.74, 6) is -0.213. The topological polar surface area (TPSA) is 46.5 Å². The fraction of sp³-hybridized carbons (Fsp3) is 0.167. The third-order valence-corrected chi connectivity index (χ3v) is 2.97. The molecule has 0 atom stereocenters. The van der Waals surface area contributed by atoms with Crippen LogP contribution in [0.4, 0.5) is 0 Å². The van der Waals surface area contributed by atoms with Crippen LogP contribution < -0.4 is 4.74 Å². The lowest BCUT2D eigenvalue weighted by molar-refractivity contribution is -0.131. The van der Waals surface area contributed by atoms with Crippen molar-refractivity contribution < 1.29 is 14.6 Å². The Kier molecular flexibility index (Phi) is 5.16. The Balaban J connectivity index is 2.40. The lowest BCUT2D eigenvalue weighted by atomic mass is 9.97. The van der Waals surface area contributed by atoms with Gasteiger partial charge in [0.25, 0.3) is 0 Å². The number of rotatable bonds is 6. The predicted octanol–water partition coefficient (Wildman–Crippen LogP) is 3.99. The van der Waals surface area contributed by atoms with Gasteiger partial charge in [-0.2, -0.15) is 0 Å². The van der Waals surface area contributed by atoms with Gasteiger partial charge in [0, 0.05) is 6.08 Å². The summed E-state index contributed by atoms with van der Waals surface area (Å²) in [6.45, 7) is 2.69. The standard InChI is InChI=1S/C18H18O3/c1-2-11-21-16-10-6-9-15(12-16)17(13-18(19)20)14-7-4-3-5-8-14/h3-10,12-13H,2,11H2,1H3,(H,19,20)/b17-13-. The smallest absolute Gasteiger partial charge is 0.328 e.